The van der Waals surface area contributed by atoms with Crippen LogP contribution in [0.5, 0.6) is 0 Å². The summed E-state index contributed by atoms with van der Waals surface area (Å²) in [7, 11) is 0. The SMILES string of the molecule is C[CH-]C1CC[CH-]CC1.[Li+].[Li+]. The molecule has 0 amide bonds. The predicted molar refractivity (Wildman–Crippen MR) is 36.2 cm³/mol. The molecule has 0 heterocycles. The van der Waals surface area contributed by atoms with Gasteiger partial charge in [0.05, 0.1) is 0 Å². The van der Waals surface area contributed by atoms with Gasteiger partial charge in [-0.25, -0.2) is 0 Å². The number of hydrogen-bond acceptors (Lipinski definition) is 0. The van der Waals surface area contributed by atoms with Crippen molar-refractivity contribution in [1.29, 1.82) is 0 Å². The minimum atomic E-state index is 0. The van der Waals surface area contributed by atoms with Gasteiger partial charge in [-0.3, -0.25) is 0 Å². The molecule has 10 heavy (non-hydrogen) atoms. The van der Waals surface area contributed by atoms with Crippen LogP contribution in [0.2, 0.25) is 0 Å². The molecule has 0 aromatic heterocycles. The minimum absolute atomic E-state index is 0. The van der Waals surface area contributed by atoms with Crippen molar-refractivity contribution in [1.82, 2.24) is 0 Å². The molecule has 1 saturated carbocycles. The van der Waals surface area contributed by atoms with Gasteiger partial charge in [-0.2, -0.15) is 25.7 Å². The van der Waals surface area contributed by atoms with E-state index in [-0.39, 0.29) is 37.7 Å². The molecule has 0 unspecified atom stereocenters. The molecule has 0 aliphatic heterocycles. The maximum Gasteiger partial charge on any atom is 1.00 e. The van der Waals surface area contributed by atoms with Crippen molar-refractivity contribution in [2.24, 2.45) is 5.92 Å². The van der Waals surface area contributed by atoms with E-state index in [9.17, 15) is 0 Å². The van der Waals surface area contributed by atoms with Crippen molar-refractivity contribution in [2.75, 3.05) is 0 Å². The minimum Gasteiger partial charge on any atom is -0.329 e. The van der Waals surface area contributed by atoms with E-state index >= 15 is 0 Å². The number of hydrogen-bond donors (Lipinski definition) is 0. The summed E-state index contributed by atoms with van der Waals surface area (Å²) in [6, 6.07) is 0. The summed E-state index contributed by atoms with van der Waals surface area (Å²) < 4.78 is 0. The molecular formula is C8H14Li2. The summed E-state index contributed by atoms with van der Waals surface area (Å²) in [5, 5.41) is 0. The van der Waals surface area contributed by atoms with Gasteiger partial charge in [-0.1, -0.05) is 0 Å². The third-order valence-electron chi connectivity index (χ3n) is 1.95. The number of rotatable bonds is 1. The van der Waals surface area contributed by atoms with Crippen LogP contribution in [0.1, 0.15) is 32.6 Å². The summed E-state index contributed by atoms with van der Waals surface area (Å²) in [5.41, 5.74) is 0. The molecule has 48 valence electrons. The van der Waals surface area contributed by atoms with E-state index in [0.29, 0.717) is 0 Å². The zero-order valence-corrected chi connectivity index (χ0v) is 7.56. The van der Waals surface area contributed by atoms with E-state index < -0.39 is 0 Å². The maximum absolute atomic E-state index is 2.40. The first-order valence-electron chi connectivity index (χ1n) is 3.54. The molecule has 0 saturated heterocycles. The second-order valence-electron chi connectivity index (χ2n) is 2.54. The van der Waals surface area contributed by atoms with Gasteiger partial charge in [0.25, 0.3) is 0 Å². The van der Waals surface area contributed by atoms with Crippen molar-refractivity contribution in [3.63, 3.8) is 0 Å². The van der Waals surface area contributed by atoms with Crippen molar-refractivity contribution < 1.29 is 37.7 Å². The molecule has 1 rings (SSSR count). The molecule has 0 radical (unpaired) electrons. The normalized spacial score (nSPS) is 18.9. The average Bonchev–Trinajstić information content (AvgIpc) is 1.90. The van der Waals surface area contributed by atoms with Crippen molar-refractivity contribution in [3.05, 3.63) is 12.8 Å². The van der Waals surface area contributed by atoms with Gasteiger partial charge < -0.3 is 12.8 Å². The van der Waals surface area contributed by atoms with Crippen LogP contribution in [0.25, 0.3) is 0 Å². The summed E-state index contributed by atoms with van der Waals surface area (Å²) >= 11 is 0. The Kier molecular flexibility index (Phi) is 11.4. The largest absolute Gasteiger partial charge is 1.00 e. The van der Waals surface area contributed by atoms with E-state index in [1.807, 2.05) is 0 Å². The molecular weight excluding hydrogens is 110 g/mol. The molecule has 0 aromatic carbocycles. The molecule has 0 aromatic rings. The zero-order valence-electron chi connectivity index (χ0n) is 7.56. The first-order valence-corrected chi connectivity index (χ1v) is 3.54. The fourth-order valence-corrected chi connectivity index (χ4v) is 1.29. The molecule has 1 aliphatic carbocycles. The van der Waals surface area contributed by atoms with E-state index in [1.165, 1.54) is 25.7 Å². The van der Waals surface area contributed by atoms with Crippen LogP contribution in [0, 0.1) is 18.8 Å². The third-order valence-corrected chi connectivity index (χ3v) is 1.95. The van der Waals surface area contributed by atoms with Crippen molar-refractivity contribution in [2.45, 2.75) is 32.6 Å². The van der Waals surface area contributed by atoms with Crippen molar-refractivity contribution in [3.8, 4) is 0 Å². The van der Waals surface area contributed by atoms with E-state index in [2.05, 4.69) is 19.8 Å². The molecule has 2 heteroatoms. The fourth-order valence-electron chi connectivity index (χ4n) is 1.29. The van der Waals surface area contributed by atoms with Gasteiger partial charge in [0, 0.05) is 0 Å². The Hall–Kier alpha value is 1.19. The molecule has 0 bridgehead atoms. The van der Waals surface area contributed by atoms with Crippen LogP contribution in [-0.2, 0) is 0 Å². The van der Waals surface area contributed by atoms with Crippen LogP contribution in [0.4, 0.5) is 0 Å². The van der Waals surface area contributed by atoms with E-state index in [4.69, 9.17) is 0 Å². The van der Waals surface area contributed by atoms with Crippen LogP contribution < -0.4 is 37.7 Å². The second kappa shape index (κ2) is 8.29. The van der Waals surface area contributed by atoms with Crippen LogP contribution in [0.3, 0.4) is 0 Å². The van der Waals surface area contributed by atoms with Crippen molar-refractivity contribution >= 4 is 0 Å². The Morgan fingerprint density at radius 2 is 1.70 bits per heavy atom. The molecule has 0 atom stereocenters. The monoisotopic (exact) mass is 124 g/mol. The first kappa shape index (κ1) is 13.8. The molecule has 0 nitrogen and oxygen atoms in total. The molecule has 0 N–H and O–H groups in total. The van der Waals surface area contributed by atoms with E-state index in [0.717, 1.165) is 5.92 Å². The fraction of sp³-hybridized carbons (Fsp3) is 0.750. The van der Waals surface area contributed by atoms with Gasteiger partial charge in [-0.15, -0.1) is 12.8 Å². The van der Waals surface area contributed by atoms with Gasteiger partial charge in [0.2, 0.25) is 0 Å². The molecule has 1 aliphatic rings. The van der Waals surface area contributed by atoms with Crippen LogP contribution in [0.15, 0.2) is 0 Å². The summed E-state index contributed by atoms with van der Waals surface area (Å²) in [4.78, 5) is 0. The topological polar surface area (TPSA) is 0 Å². The summed E-state index contributed by atoms with van der Waals surface area (Å²) in [6.45, 7) is 2.18. The van der Waals surface area contributed by atoms with Gasteiger partial charge in [0.1, 0.15) is 0 Å². The van der Waals surface area contributed by atoms with Gasteiger partial charge in [0.15, 0.2) is 0 Å². The zero-order chi connectivity index (χ0) is 5.82. The molecule has 1 fully saturated rings. The third kappa shape index (κ3) is 4.93. The summed E-state index contributed by atoms with van der Waals surface area (Å²) in [6.07, 6.45) is 10.2. The standard InChI is InChI=1S/C8H14.2Li/c1-2-8-6-4-3-5-7-8;;/h2-3,8H,4-7H2,1H3;;/q-2;2*+1. The second-order valence-corrected chi connectivity index (χ2v) is 2.54. The maximum atomic E-state index is 2.40. The van der Waals surface area contributed by atoms with Crippen LogP contribution in [-0.4, -0.2) is 0 Å². The summed E-state index contributed by atoms with van der Waals surface area (Å²) in [5.74, 6) is 0.931. The Morgan fingerprint density at radius 3 is 2.00 bits per heavy atom. The smallest absolute Gasteiger partial charge is 0.329 e. The van der Waals surface area contributed by atoms with Crippen LogP contribution >= 0.6 is 0 Å². The Balaban J connectivity index is 0. The quantitative estimate of drug-likeness (QED) is 0.253. The van der Waals surface area contributed by atoms with Gasteiger partial charge >= 0.3 is 37.7 Å². The Morgan fingerprint density at radius 1 is 1.20 bits per heavy atom. The Bertz CT molecular complexity index is 58.3. The average molecular weight is 124 g/mol. The van der Waals surface area contributed by atoms with E-state index in [1.54, 1.807) is 0 Å². The first-order chi connectivity index (χ1) is 3.93. The molecule has 0 spiro atoms. The predicted octanol–water partition coefficient (Wildman–Crippen LogP) is -3.39. The Labute approximate surface area is 88.9 Å². The van der Waals surface area contributed by atoms with Gasteiger partial charge in [-0.05, 0) is 0 Å².